The second kappa shape index (κ2) is 7.06. The summed E-state index contributed by atoms with van der Waals surface area (Å²) < 4.78 is 0. The molecule has 2 heterocycles. The molecule has 0 amide bonds. The van der Waals surface area contributed by atoms with Gasteiger partial charge in [0.1, 0.15) is 0 Å². The Balaban J connectivity index is 1.69. The van der Waals surface area contributed by atoms with Crippen molar-refractivity contribution in [2.45, 2.75) is 26.2 Å². The Bertz CT molecular complexity index is 816. The zero-order chi connectivity index (χ0) is 16.2. The highest BCUT2D eigenvalue weighted by atomic mass is 35.5. The van der Waals surface area contributed by atoms with Gasteiger partial charge in [-0.1, -0.05) is 17.7 Å². The maximum absolute atomic E-state index is 6.31. The lowest BCUT2D eigenvalue weighted by molar-refractivity contribution is 0.803. The molecule has 3 rings (SSSR count). The van der Waals surface area contributed by atoms with E-state index in [1.165, 1.54) is 4.88 Å². The highest BCUT2D eigenvalue weighted by molar-refractivity contribution is 7.15. The van der Waals surface area contributed by atoms with E-state index >= 15 is 0 Å². The fourth-order valence-corrected chi connectivity index (χ4v) is 3.39. The van der Waals surface area contributed by atoms with Gasteiger partial charge in [-0.15, -0.1) is 11.3 Å². The molecule has 2 N–H and O–H groups in total. The molecule has 0 bridgehead atoms. The van der Waals surface area contributed by atoms with Crippen LogP contribution in [0.15, 0.2) is 36.7 Å². The molecule has 0 saturated carbocycles. The Hall–Kier alpha value is -1.98. The summed E-state index contributed by atoms with van der Waals surface area (Å²) in [5.41, 5.74) is 8.66. The van der Waals surface area contributed by atoms with Crippen LogP contribution >= 0.6 is 22.9 Å². The smallest absolute Gasteiger partial charge is 0.180 e. The zero-order valence-corrected chi connectivity index (χ0v) is 14.4. The van der Waals surface area contributed by atoms with Gasteiger partial charge in [-0.25, -0.2) is 15.0 Å². The highest BCUT2D eigenvalue weighted by Gasteiger charge is 2.08. The third-order valence-corrected chi connectivity index (χ3v) is 4.71. The van der Waals surface area contributed by atoms with Crippen molar-refractivity contribution in [2.75, 3.05) is 5.73 Å². The standard InChI is InChI=1S/C17H17ClN4S/c1-11-5-6-14(15(18)9-11)16-20-8-7-12(22-16)3-2-4-13-10-21-17(19)23-13/h5-10H,2-4H2,1H3,(H2,19,21). The first-order chi connectivity index (χ1) is 11.1. The summed E-state index contributed by atoms with van der Waals surface area (Å²) in [6, 6.07) is 7.87. The Labute approximate surface area is 144 Å². The van der Waals surface area contributed by atoms with Gasteiger partial charge in [-0.05, 0) is 49.9 Å². The monoisotopic (exact) mass is 344 g/mol. The number of aromatic nitrogens is 3. The number of halogens is 1. The molecule has 0 aliphatic heterocycles. The first-order valence-corrected chi connectivity index (χ1v) is 8.60. The van der Waals surface area contributed by atoms with Gasteiger partial charge < -0.3 is 5.73 Å². The van der Waals surface area contributed by atoms with Crippen LogP contribution in [0.3, 0.4) is 0 Å². The lowest BCUT2D eigenvalue weighted by Crippen LogP contribution is -1.97. The van der Waals surface area contributed by atoms with Crippen molar-refractivity contribution in [3.63, 3.8) is 0 Å². The minimum Gasteiger partial charge on any atom is -0.375 e. The predicted molar refractivity (Wildman–Crippen MR) is 95.8 cm³/mol. The molecule has 0 unspecified atom stereocenters. The summed E-state index contributed by atoms with van der Waals surface area (Å²) in [6.07, 6.45) is 6.48. The van der Waals surface area contributed by atoms with E-state index in [0.29, 0.717) is 16.0 Å². The van der Waals surface area contributed by atoms with Crippen LogP contribution < -0.4 is 5.73 Å². The maximum atomic E-state index is 6.31. The third-order valence-electron chi connectivity index (χ3n) is 3.51. The number of nitrogens with zero attached hydrogens (tertiary/aromatic N) is 3. The molecule has 0 spiro atoms. The predicted octanol–water partition coefficient (Wildman–Crippen LogP) is 4.32. The summed E-state index contributed by atoms with van der Waals surface area (Å²) in [5, 5.41) is 1.31. The van der Waals surface area contributed by atoms with Crippen LogP contribution in [0.4, 0.5) is 5.13 Å². The molecule has 118 valence electrons. The SMILES string of the molecule is Cc1ccc(-c2nccc(CCCc3cnc(N)s3)n2)c(Cl)c1. The second-order valence-corrected chi connectivity index (χ2v) is 6.93. The molecule has 0 saturated heterocycles. The minimum absolute atomic E-state index is 0.623. The van der Waals surface area contributed by atoms with Crippen LogP contribution in [0, 0.1) is 6.92 Å². The van der Waals surface area contributed by atoms with E-state index in [2.05, 4.69) is 15.0 Å². The number of thiazole rings is 1. The Morgan fingerprint density at radius 3 is 2.78 bits per heavy atom. The van der Waals surface area contributed by atoms with Crippen molar-refractivity contribution < 1.29 is 0 Å². The second-order valence-electron chi connectivity index (χ2n) is 5.37. The normalized spacial score (nSPS) is 10.9. The van der Waals surface area contributed by atoms with Gasteiger partial charge in [0.05, 0.1) is 5.02 Å². The van der Waals surface area contributed by atoms with Crippen LogP contribution in [-0.4, -0.2) is 15.0 Å². The Morgan fingerprint density at radius 1 is 1.17 bits per heavy atom. The van der Waals surface area contributed by atoms with Gasteiger partial charge in [0, 0.05) is 28.5 Å². The van der Waals surface area contributed by atoms with Crippen molar-refractivity contribution in [2.24, 2.45) is 0 Å². The topological polar surface area (TPSA) is 64.7 Å². The maximum Gasteiger partial charge on any atom is 0.180 e. The highest BCUT2D eigenvalue weighted by Crippen LogP contribution is 2.26. The Morgan fingerprint density at radius 2 is 2.04 bits per heavy atom. The molecule has 0 fully saturated rings. The van der Waals surface area contributed by atoms with Crippen molar-refractivity contribution >= 4 is 28.1 Å². The average Bonchev–Trinajstić information content (AvgIpc) is 2.93. The number of anilines is 1. The van der Waals surface area contributed by atoms with E-state index in [-0.39, 0.29) is 0 Å². The Kier molecular flexibility index (Phi) is 4.88. The molecule has 0 radical (unpaired) electrons. The van der Waals surface area contributed by atoms with Crippen molar-refractivity contribution in [3.8, 4) is 11.4 Å². The number of aryl methyl sites for hydroxylation is 3. The number of hydrogen-bond acceptors (Lipinski definition) is 5. The number of benzene rings is 1. The molecule has 2 aromatic heterocycles. The summed E-state index contributed by atoms with van der Waals surface area (Å²) >= 11 is 7.85. The van der Waals surface area contributed by atoms with E-state index < -0.39 is 0 Å². The van der Waals surface area contributed by atoms with E-state index in [4.69, 9.17) is 17.3 Å². The number of nitrogen functional groups attached to an aromatic ring is 1. The quantitative estimate of drug-likeness (QED) is 0.748. The summed E-state index contributed by atoms with van der Waals surface area (Å²) in [7, 11) is 0. The average molecular weight is 345 g/mol. The van der Waals surface area contributed by atoms with Gasteiger partial charge in [0.15, 0.2) is 11.0 Å². The van der Waals surface area contributed by atoms with Crippen LogP contribution in [-0.2, 0) is 12.8 Å². The van der Waals surface area contributed by atoms with Gasteiger partial charge in [0.2, 0.25) is 0 Å². The molecular formula is C17H17ClN4S. The summed E-state index contributed by atoms with van der Waals surface area (Å²) in [5.74, 6) is 0.675. The third kappa shape index (κ3) is 4.06. The first-order valence-electron chi connectivity index (χ1n) is 7.40. The van der Waals surface area contributed by atoms with E-state index in [1.54, 1.807) is 17.5 Å². The van der Waals surface area contributed by atoms with Crippen molar-refractivity contribution in [1.82, 2.24) is 15.0 Å². The molecule has 6 heteroatoms. The largest absolute Gasteiger partial charge is 0.375 e. The number of nitrogens with two attached hydrogens (primary N) is 1. The molecule has 23 heavy (non-hydrogen) atoms. The van der Waals surface area contributed by atoms with Gasteiger partial charge in [-0.3, -0.25) is 0 Å². The minimum atomic E-state index is 0.623. The molecule has 0 aliphatic carbocycles. The molecule has 0 aliphatic rings. The summed E-state index contributed by atoms with van der Waals surface area (Å²) in [4.78, 5) is 14.3. The van der Waals surface area contributed by atoms with Gasteiger partial charge in [0.25, 0.3) is 0 Å². The van der Waals surface area contributed by atoms with Gasteiger partial charge in [-0.2, -0.15) is 0 Å². The molecule has 3 aromatic rings. The van der Waals surface area contributed by atoms with Crippen LogP contribution in [0.25, 0.3) is 11.4 Å². The van der Waals surface area contributed by atoms with Crippen molar-refractivity contribution in [1.29, 1.82) is 0 Å². The van der Waals surface area contributed by atoms with Crippen LogP contribution in [0.1, 0.15) is 22.6 Å². The van der Waals surface area contributed by atoms with Crippen molar-refractivity contribution in [3.05, 3.63) is 57.8 Å². The first kappa shape index (κ1) is 15.9. The molecule has 4 nitrogen and oxygen atoms in total. The zero-order valence-electron chi connectivity index (χ0n) is 12.8. The molecule has 0 atom stereocenters. The fourth-order valence-electron chi connectivity index (χ4n) is 2.35. The van der Waals surface area contributed by atoms with E-state index in [1.807, 2.05) is 37.4 Å². The van der Waals surface area contributed by atoms with Gasteiger partial charge >= 0.3 is 0 Å². The number of rotatable bonds is 5. The lowest BCUT2D eigenvalue weighted by Gasteiger charge is -2.06. The van der Waals surface area contributed by atoms with Crippen LogP contribution in [0.5, 0.6) is 0 Å². The fraction of sp³-hybridized carbons (Fsp3) is 0.235. The van der Waals surface area contributed by atoms with E-state index in [0.717, 1.165) is 36.1 Å². The lowest BCUT2D eigenvalue weighted by atomic mass is 10.1. The van der Waals surface area contributed by atoms with Crippen LogP contribution in [0.2, 0.25) is 5.02 Å². The summed E-state index contributed by atoms with van der Waals surface area (Å²) in [6.45, 7) is 2.01. The number of hydrogen-bond donors (Lipinski definition) is 1. The molecule has 1 aromatic carbocycles. The molecular weight excluding hydrogens is 328 g/mol. The van der Waals surface area contributed by atoms with E-state index in [9.17, 15) is 0 Å².